The highest BCUT2D eigenvalue weighted by Gasteiger charge is 2.51. The maximum atomic E-state index is 11.4. The highest BCUT2D eigenvalue weighted by Crippen LogP contribution is 2.36. The summed E-state index contributed by atoms with van der Waals surface area (Å²) in [5, 5.41) is 0. The summed E-state index contributed by atoms with van der Waals surface area (Å²) in [6.07, 6.45) is 4.14. The van der Waals surface area contributed by atoms with Crippen molar-refractivity contribution in [1.82, 2.24) is 9.97 Å². The first kappa shape index (κ1) is 16.2. The van der Waals surface area contributed by atoms with E-state index in [-0.39, 0.29) is 5.95 Å². The first-order chi connectivity index (χ1) is 9.44. The molecule has 1 fully saturated rings. The highest BCUT2D eigenvalue weighted by molar-refractivity contribution is 7.92. The second kappa shape index (κ2) is 4.93. The van der Waals surface area contributed by atoms with E-state index in [1.165, 1.54) is 19.4 Å². The van der Waals surface area contributed by atoms with Crippen molar-refractivity contribution >= 4 is 28.6 Å². The van der Waals surface area contributed by atoms with Crippen molar-refractivity contribution in [2.24, 2.45) is 0 Å². The fraction of sp³-hybridized carbons (Fsp3) is 0.667. The molecule has 0 N–H and O–H groups in total. The van der Waals surface area contributed by atoms with Gasteiger partial charge in [0.2, 0.25) is 16.0 Å². The molecule has 0 bridgehead atoms. The van der Waals surface area contributed by atoms with Gasteiger partial charge in [0, 0.05) is 24.9 Å². The van der Waals surface area contributed by atoms with Gasteiger partial charge in [-0.15, -0.1) is 0 Å². The van der Waals surface area contributed by atoms with E-state index in [0.29, 0.717) is 5.46 Å². The van der Waals surface area contributed by atoms with Crippen LogP contribution in [0, 0.1) is 0 Å². The van der Waals surface area contributed by atoms with E-state index in [0.717, 1.165) is 10.6 Å². The zero-order chi connectivity index (χ0) is 16.1. The Morgan fingerprint density at radius 3 is 1.90 bits per heavy atom. The monoisotopic (exact) mass is 313 g/mol. The van der Waals surface area contributed by atoms with Crippen LogP contribution >= 0.6 is 0 Å². The molecule has 2 rings (SSSR count). The Morgan fingerprint density at radius 1 is 1.10 bits per heavy atom. The van der Waals surface area contributed by atoms with Crippen molar-refractivity contribution < 1.29 is 17.7 Å². The van der Waals surface area contributed by atoms with Gasteiger partial charge < -0.3 is 9.31 Å². The lowest BCUT2D eigenvalue weighted by Gasteiger charge is -2.32. The molecule has 0 atom stereocenters. The van der Waals surface area contributed by atoms with Gasteiger partial charge >= 0.3 is 7.12 Å². The maximum absolute atomic E-state index is 11.4. The highest BCUT2D eigenvalue weighted by atomic mass is 32.2. The van der Waals surface area contributed by atoms with E-state index < -0.39 is 28.3 Å². The van der Waals surface area contributed by atoms with E-state index in [9.17, 15) is 8.42 Å². The largest absolute Gasteiger partial charge is 0.498 e. The summed E-state index contributed by atoms with van der Waals surface area (Å²) in [6, 6.07) is 0. The van der Waals surface area contributed by atoms with Crippen LogP contribution in [0.25, 0.3) is 0 Å². The fourth-order valence-corrected chi connectivity index (χ4v) is 2.13. The molecule has 0 unspecified atom stereocenters. The van der Waals surface area contributed by atoms with E-state index in [4.69, 9.17) is 9.31 Å². The zero-order valence-corrected chi connectivity index (χ0v) is 13.9. The van der Waals surface area contributed by atoms with E-state index >= 15 is 0 Å². The third-order valence-corrected chi connectivity index (χ3v) is 5.12. The van der Waals surface area contributed by atoms with Gasteiger partial charge in [-0.25, -0.2) is 22.7 Å². The molecule has 1 saturated heterocycles. The van der Waals surface area contributed by atoms with Crippen LogP contribution in [0.1, 0.15) is 27.7 Å². The Labute approximate surface area is 125 Å². The molecule has 7 nitrogen and oxygen atoms in total. The number of rotatable bonds is 3. The van der Waals surface area contributed by atoms with Crippen LogP contribution in [0.15, 0.2) is 12.4 Å². The molecule has 0 saturated carbocycles. The lowest BCUT2D eigenvalue weighted by Crippen LogP contribution is -2.41. The minimum atomic E-state index is -3.38. The summed E-state index contributed by atoms with van der Waals surface area (Å²) < 4.78 is 35.7. The van der Waals surface area contributed by atoms with Crippen molar-refractivity contribution in [3.8, 4) is 0 Å². The minimum absolute atomic E-state index is 0.109. The first-order valence-corrected chi connectivity index (χ1v) is 8.40. The molecular formula is C12H20BN3O4S. The molecule has 2 heterocycles. The lowest BCUT2D eigenvalue weighted by molar-refractivity contribution is 0.00578. The average molecular weight is 313 g/mol. The molecule has 9 heteroatoms. The standard InChI is InChI=1S/C12H20BN3O4S/c1-11(2)12(3,4)20-13(19-11)9-7-14-10(15-8-9)16(5)21(6,17)18/h7-8H,1-6H3. The summed E-state index contributed by atoms with van der Waals surface area (Å²) in [4.78, 5) is 8.12. The van der Waals surface area contributed by atoms with Crippen LogP contribution in [0.2, 0.25) is 0 Å². The molecule has 116 valence electrons. The second-order valence-electron chi connectivity index (χ2n) is 6.14. The van der Waals surface area contributed by atoms with Crippen molar-refractivity contribution in [1.29, 1.82) is 0 Å². The number of hydrogen-bond acceptors (Lipinski definition) is 6. The van der Waals surface area contributed by atoms with Crippen LogP contribution in [0.5, 0.6) is 0 Å². The third-order valence-electron chi connectivity index (χ3n) is 3.96. The van der Waals surface area contributed by atoms with Gasteiger partial charge in [0.25, 0.3) is 0 Å². The van der Waals surface area contributed by atoms with Gasteiger partial charge in [0.1, 0.15) is 0 Å². The van der Waals surface area contributed by atoms with E-state index in [1.54, 1.807) is 0 Å². The maximum Gasteiger partial charge on any atom is 0.498 e. The van der Waals surface area contributed by atoms with Crippen LogP contribution in [0.3, 0.4) is 0 Å². The molecular weight excluding hydrogens is 293 g/mol. The smallest absolute Gasteiger partial charge is 0.399 e. The summed E-state index contributed by atoms with van der Waals surface area (Å²) in [5.41, 5.74) is -0.237. The van der Waals surface area contributed by atoms with Gasteiger partial charge in [0.05, 0.1) is 17.5 Å². The molecule has 0 radical (unpaired) electrons. The quantitative estimate of drug-likeness (QED) is 0.740. The van der Waals surface area contributed by atoms with E-state index in [2.05, 4.69) is 9.97 Å². The van der Waals surface area contributed by atoms with Crippen molar-refractivity contribution in [3.63, 3.8) is 0 Å². The minimum Gasteiger partial charge on any atom is -0.399 e. The van der Waals surface area contributed by atoms with Crippen LogP contribution < -0.4 is 9.77 Å². The summed E-state index contributed by atoms with van der Waals surface area (Å²) in [5.74, 6) is 0.109. The predicted octanol–water partition coefficient (Wildman–Crippen LogP) is 0.172. The molecule has 0 spiro atoms. The summed E-state index contributed by atoms with van der Waals surface area (Å²) in [6.45, 7) is 7.83. The number of aromatic nitrogens is 2. The molecule has 0 aromatic carbocycles. The average Bonchev–Trinajstić information content (AvgIpc) is 2.57. The Hall–Kier alpha value is -1.19. The Balaban J connectivity index is 2.22. The summed E-state index contributed by atoms with van der Waals surface area (Å²) in [7, 11) is -2.54. The molecule has 0 aliphatic carbocycles. The summed E-state index contributed by atoms with van der Waals surface area (Å²) >= 11 is 0. The first-order valence-electron chi connectivity index (χ1n) is 6.55. The van der Waals surface area contributed by atoms with Crippen molar-refractivity contribution in [2.75, 3.05) is 17.6 Å². The fourth-order valence-electron chi connectivity index (χ4n) is 1.74. The molecule has 1 aromatic heterocycles. The molecule has 21 heavy (non-hydrogen) atoms. The van der Waals surface area contributed by atoms with Gasteiger partial charge in [-0.1, -0.05) is 0 Å². The van der Waals surface area contributed by atoms with Crippen LogP contribution in [-0.4, -0.2) is 50.0 Å². The van der Waals surface area contributed by atoms with Crippen LogP contribution in [-0.2, 0) is 19.3 Å². The Bertz CT molecular complexity index is 614. The normalized spacial score (nSPS) is 20.6. The number of sulfonamides is 1. The van der Waals surface area contributed by atoms with Gasteiger partial charge in [-0.3, -0.25) is 0 Å². The third kappa shape index (κ3) is 3.04. The number of nitrogens with zero attached hydrogens (tertiary/aromatic N) is 3. The molecule has 0 amide bonds. The predicted molar refractivity (Wildman–Crippen MR) is 81.0 cm³/mol. The number of anilines is 1. The molecule has 1 aliphatic heterocycles. The molecule has 1 aromatic rings. The van der Waals surface area contributed by atoms with Crippen LogP contribution in [0.4, 0.5) is 5.95 Å². The zero-order valence-electron chi connectivity index (χ0n) is 13.1. The van der Waals surface area contributed by atoms with Crippen molar-refractivity contribution in [3.05, 3.63) is 12.4 Å². The van der Waals surface area contributed by atoms with Gasteiger partial charge in [-0.2, -0.15) is 0 Å². The van der Waals surface area contributed by atoms with Gasteiger partial charge in [0.15, 0.2) is 0 Å². The Kier molecular flexibility index (Phi) is 3.80. The topological polar surface area (TPSA) is 81.6 Å². The molecule has 1 aliphatic rings. The van der Waals surface area contributed by atoms with E-state index in [1.807, 2.05) is 27.7 Å². The Morgan fingerprint density at radius 2 is 1.52 bits per heavy atom. The van der Waals surface area contributed by atoms with Crippen molar-refractivity contribution in [2.45, 2.75) is 38.9 Å². The lowest BCUT2D eigenvalue weighted by atomic mass is 9.81. The van der Waals surface area contributed by atoms with Gasteiger partial charge in [-0.05, 0) is 27.7 Å². The SMILES string of the molecule is CN(c1ncc(B2OC(C)(C)C(C)(C)O2)cn1)S(C)(=O)=O. The number of hydrogen-bond donors (Lipinski definition) is 0. The second-order valence-corrected chi connectivity index (χ2v) is 8.15.